The molecule has 4 N–H and O–H groups in total. The van der Waals surface area contributed by atoms with Gasteiger partial charge in [-0.2, -0.15) is 4.72 Å². The summed E-state index contributed by atoms with van der Waals surface area (Å²) in [5, 5.41) is 10.9. The van der Waals surface area contributed by atoms with Crippen molar-refractivity contribution in [2.24, 2.45) is 16.7 Å². The lowest BCUT2D eigenvalue weighted by Crippen LogP contribution is -2.31. The highest BCUT2D eigenvalue weighted by molar-refractivity contribution is 7.89. The van der Waals surface area contributed by atoms with Gasteiger partial charge in [0.1, 0.15) is 23.6 Å². The Morgan fingerprint density at radius 2 is 1.85 bits per heavy atom. The average Bonchev–Trinajstić information content (AvgIpc) is 3.08. The standard InChI is InChI=1S/C30H39FN4O4S/c1-18(2)16-39-21-13-19(12-20(31)14-21)24-11-10-22(27(33-24)23-15-29(3,4)17-30(23,5)6)28(36)35-40(37,38)26-9-7-8-25(32)34-26/h7-14,18,23,28,35-36H,15-17H2,1-6H3,(H2,32,34). The number of nitrogens with zero attached hydrogens (tertiary/aromatic N) is 2. The van der Waals surface area contributed by atoms with Crippen LogP contribution in [-0.4, -0.2) is 30.1 Å². The molecule has 0 radical (unpaired) electrons. The molecule has 8 nitrogen and oxygen atoms in total. The van der Waals surface area contributed by atoms with Gasteiger partial charge >= 0.3 is 0 Å². The van der Waals surface area contributed by atoms with Gasteiger partial charge in [-0.15, -0.1) is 0 Å². The first-order valence-corrected chi connectivity index (χ1v) is 14.9. The molecule has 3 aromatic rings. The Bertz CT molecular complexity index is 1490. The largest absolute Gasteiger partial charge is 0.493 e. The number of aliphatic hydroxyl groups is 1. The van der Waals surface area contributed by atoms with Gasteiger partial charge < -0.3 is 15.6 Å². The number of sulfonamides is 1. The second kappa shape index (κ2) is 11.1. The maximum Gasteiger partial charge on any atom is 0.260 e. The molecule has 1 aromatic carbocycles. The average molecular weight is 571 g/mol. The molecule has 1 aliphatic rings. The van der Waals surface area contributed by atoms with Crippen molar-refractivity contribution in [1.82, 2.24) is 14.7 Å². The summed E-state index contributed by atoms with van der Waals surface area (Å²) in [6.07, 6.45) is 0.103. The van der Waals surface area contributed by atoms with E-state index in [2.05, 4.69) is 37.4 Å². The van der Waals surface area contributed by atoms with Crippen LogP contribution >= 0.6 is 0 Å². The number of benzene rings is 1. The number of hydrogen-bond acceptors (Lipinski definition) is 7. The lowest BCUT2D eigenvalue weighted by atomic mass is 9.78. The van der Waals surface area contributed by atoms with E-state index in [0.717, 1.165) is 12.8 Å². The molecule has 1 saturated carbocycles. The van der Waals surface area contributed by atoms with Crippen LogP contribution in [0.1, 0.15) is 77.8 Å². The van der Waals surface area contributed by atoms with Crippen molar-refractivity contribution >= 4 is 15.8 Å². The van der Waals surface area contributed by atoms with E-state index in [1.807, 2.05) is 13.8 Å². The van der Waals surface area contributed by atoms with Crippen molar-refractivity contribution in [3.63, 3.8) is 0 Å². The number of ether oxygens (including phenoxy) is 1. The molecule has 216 valence electrons. The van der Waals surface area contributed by atoms with E-state index in [0.29, 0.717) is 34.9 Å². The van der Waals surface area contributed by atoms with Crippen LogP contribution in [0.3, 0.4) is 0 Å². The van der Waals surface area contributed by atoms with E-state index < -0.39 is 22.1 Å². The zero-order valence-electron chi connectivity index (χ0n) is 23.9. The molecule has 10 heteroatoms. The summed E-state index contributed by atoms with van der Waals surface area (Å²) >= 11 is 0. The van der Waals surface area contributed by atoms with Crippen molar-refractivity contribution in [2.75, 3.05) is 12.3 Å². The van der Waals surface area contributed by atoms with E-state index >= 15 is 0 Å². The highest BCUT2D eigenvalue weighted by Gasteiger charge is 2.47. The molecule has 0 aliphatic heterocycles. The van der Waals surface area contributed by atoms with E-state index in [1.165, 1.54) is 30.3 Å². The Balaban J connectivity index is 1.78. The monoisotopic (exact) mass is 570 g/mol. The summed E-state index contributed by atoms with van der Waals surface area (Å²) in [7, 11) is -4.19. The van der Waals surface area contributed by atoms with Gasteiger partial charge in [0.15, 0.2) is 5.03 Å². The summed E-state index contributed by atoms with van der Waals surface area (Å²) < 4.78 is 48.8. The zero-order chi connectivity index (χ0) is 29.5. The summed E-state index contributed by atoms with van der Waals surface area (Å²) in [5.74, 6) is 0.184. The number of halogens is 1. The number of rotatable bonds is 9. The van der Waals surface area contributed by atoms with Crippen LogP contribution in [0.25, 0.3) is 11.3 Å². The first-order chi connectivity index (χ1) is 18.6. The predicted octanol–water partition coefficient (Wildman–Crippen LogP) is 5.80. The van der Waals surface area contributed by atoms with Crippen LogP contribution < -0.4 is 15.2 Å². The van der Waals surface area contributed by atoms with Crippen LogP contribution in [0.2, 0.25) is 0 Å². The Kier molecular flexibility index (Phi) is 8.27. The first kappa shape index (κ1) is 29.9. The summed E-state index contributed by atoms with van der Waals surface area (Å²) in [6.45, 7) is 13.2. The fourth-order valence-corrected chi connectivity index (χ4v) is 6.81. The van der Waals surface area contributed by atoms with E-state index in [9.17, 15) is 17.9 Å². The number of aromatic nitrogens is 2. The van der Waals surface area contributed by atoms with Gasteiger partial charge in [-0.3, -0.25) is 4.98 Å². The molecule has 2 unspecified atom stereocenters. The lowest BCUT2D eigenvalue weighted by molar-refractivity contribution is 0.162. The van der Waals surface area contributed by atoms with Crippen molar-refractivity contribution in [3.8, 4) is 17.0 Å². The van der Waals surface area contributed by atoms with Gasteiger partial charge in [-0.25, -0.2) is 17.8 Å². The molecular weight excluding hydrogens is 531 g/mol. The van der Waals surface area contributed by atoms with Crippen molar-refractivity contribution in [2.45, 2.75) is 71.6 Å². The second-order valence-electron chi connectivity index (χ2n) is 12.6. The molecule has 0 bridgehead atoms. The SMILES string of the molecule is CC(C)COc1cc(F)cc(-c2ccc(C(O)NS(=O)(=O)c3cccc(N)n3)c(C3CC(C)(C)CC3(C)C)n2)c1. The van der Waals surface area contributed by atoms with Crippen LogP contribution in [0, 0.1) is 22.6 Å². The van der Waals surface area contributed by atoms with E-state index in [4.69, 9.17) is 15.5 Å². The Hall–Kier alpha value is -3.08. The fraction of sp³-hybridized carbons (Fsp3) is 0.467. The Morgan fingerprint density at radius 1 is 1.12 bits per heavy atom. The van der Waals surface area contributed by atoms with Crippen molar-refractivity contribution in [3.05, 3.63) is 65.6 Å². The number of nitrogens with one attached hydrogen (secondary N) is 1. The third-order valence-electron chi connectivity index (χ3n) is 7.25. The lowest BCUT2D eigenvalue weighted by Gasteiger charge is -2.29. The molecule has 40 heavy (non-hydrogen) atoms. The molecule has 0 spiro atoms. The maximum atomic E-state index is 14.6. The molecule has 1 aliphatic carbocycles. The Labute approximate surface area is 236 Å². The smallest absolute Gasteiger partial charge is 0.260 e. The third kappa shape index (κ3) is 6.79. The van der Waals surface area contributed by atoms with Crippen LogP contribution in [0.5, 0.6) is 5.75 Å². The number of hydrogen-bond donors (Lipinski definition) is 3. The van der Waals surface area contributed by atoms with E-state index in [-0.39, 0.29) is 33.5 Å². The number of nitrogens with two attached hydrogens (primary N) is 1. The molecule has 2 heterocycles. The summed E-state index contributed by atoms with van der Waals surface area (Å²) in [4.78, 5) is 8.83. The summed E-state index contributed by atoms with van der Waals surface area (Å²) in [6, 6.07) is 12.0. The van der Waals surface area contributed by atoms with Gasteiger partial charge in [0.2, 0.25) is 0 Å². The minimum atomic E-state index is -4.19. The molecule has 4 rings (SSSR count). The maximum absolute atomic E-state index is 14.6. The highest BCUT2D eigenvalue weighted by atomic mass is 32.2. The Morgan fingerprint density at radius 3 is 2.48 bits per heavy atom. The second-order valence-corrected chi connectivity index (χ2v) is 14.2. The highest BCUT2D eigenvalue weighted by Crippen LogP contribution is 2.57. The molecule has 2 atom stereocenters. The zero-order valence-corrected chi connectivity index (χ0v) is 24.7. The fourth-order valence-electron chi connectivity index (χ4n) is 5.79. The minimum absolute atomic E-state index is 0.00970. The number of pyridine rings is 2. The summed E-state index contributed by atoms with van der Waals surface area (Å²) in [5.41, 5.74) is 7.42. The molecule has 1 fully saturated rings. The minimum Gasteiger partial charge on any atom is -0.493 e. The van der Waals surface area contributed by atoms with Gasteiger partial charge in [0.05, 0.1) is 18.0 Å². The molecular formula is C30H39FN4O4S. The number of nitrogen functional groups attached to an aromatic ring is 1. The molecule has 0 saturated heterocycles. The number of anilines is 1. The molecule has 0 amide bonds. The molecule has 2 aromatic heterocycles. The third-order valence-corrected chi connectivity index (χ3v) is 8.57. The van der Waals surface area contributed by atoms with Gasteiger partial charge in [0, 0.05) is 23.1 Å². The van der Waals surface area contributed by atoms with Crippen LogP contribution in [0.4, 0.5) is 10.2 Å². The number of aliphatic hydroxyl groups excluding tert-OH is 1. The van der Waals surface area contributed by atoms with Gasteiger partial charge in [-0.05, 0) is 59.9 Å². The van der Waals surface area contributed by atoms with Gasteiger partial charge in [0.25, 0.3) is 10.0 Å². The van der Waals surface area contributed by atoms with Gasteiger partial charge in [-0.1, -0.05) is 53.7 Å². The predicted molar refractivity (Wildman–Crippen MR) is 153 cm³/mol. The first-order valence-electron chi connectivity index (χ1n) is 13.4. The van der Waals surface area contributed by atoms with Crippen molar-refractivity contribution in [1.29, 1.82) is 0 Å². The van der Waals surface area contributed by atoms with E-state index in [1.54, 1.807) is 18.2 Å². The van der Waals surface area contributed by atoms with Crippen molar-refractivity contribution < 1.29 is 22.7 Å². The van der Waals surface area contributed by atoms with Crippen LogP contribution in [0.15, 0.2) is 53.6 Å². The topological polar surface area (TPSA) is 127 Å². The quantitative estimate of drug-likeness (QED) is 0.278. The van der Waals surface area contributed by atoms with Crippen LogP contribution in [-0.2, 0) is 10.0 Å². The normalized spacial score (nSPS) is 19.1.